The molecular weight excluding hydrogens is 308 g/mol. The van der Waals surface area contributed by atoms with E-state index in [2.05, 4.69) is 54.5 Å². The fourth-order valence-corrected chi connectivity index (χ4v) is 2.79. The van der Waals surface area contributed by atoms with E-state index in [-0.39, 0.29) is 12.1 Å². The van der Waals surface area contributed by atoms with E-state index in [1.54, 1.807) is 6.20 Å². The standard InChI is InChI=1S/C22H24N2O/c1-17(24-18(2)21-9-6-14-23-15-21)20-10-12-22(13-11-20)25-16-19-7-4-3-5-8-19/h3-15,17-18,24H,16H2,1-2H3. The van der Waals surface area contributed by atoms with E-state index in [0.29, 0.717) is 6.61 Å². The first kappa shape index (κ1) is 17.2. The van der Waals surface area contributed by atoms with Crippen molar-refractivity contribution in [2.75, 3.05) is 0 Å². The quantitative estimate of drug-likeness (QED) is 0.656. The van der Waals surface area contributed by atoms with E-state index in [0.717, 1.165) is 5.75 Å². The molecule has 0 bridgehead atoms. The molecule has 0 spiro atoms. The summed E-state index contributed by atoms with van der Waals surface area (Å²) in [7, 11) is 0. The van der Waals surface area contributed by atoms with Gasteiger partial charge in [0.2, 0.25) is 0 Å². The van der Waals surface area contributed by atoms with E-state index >= 15 is 0 Å². The highest BCUT2D eigenvalue weighted by Crippen LogP contribution is 2.21. The molecule has 0 aliphatic rings. The molecule has 0 saturated carbocycles. The Morgan fingerprint density at radius 2 is 1.56 bits per heavy atom. The molecular formula is C22H24N2O. The second-order valence-corrected chi connectivity index (χ2v) is 6.24. The molecule has 0 saturated heterocycles. The molecule has 2 aromatic carbocycles. The lowest BCUT2D eigenvalue weighted by Gasteiger charge is -2.20. The monoisotopic (exact) mass is 332 g/mol. The summed E-state index contributed by atoms with van der Waals surface area (Å²) in [4.78, 5) is 4.19. The summed E-state index contributed by atoms with van der Waals surface area (Å²) in [6, 6.07) is 23.1. The Labute approximate surface area is 149 Å². The van der Waals surface area contributed by atoms with Crippen LogP contribution >= 0.6 is 0 Å². The predicted molar refractivity (Wildman–Crippen MR) is 101 cm³/mol. The molecule has 1 aromatic heterocycles. The van der Waals surface area contributed by atoms with Gasteiger partial charge in [-0.2, -0.15) is 0 Å². The largest absolute Gasteiger partial charge is 0.489 e. The summed E-state index contributed by atoms with van der Waals surface area (Å²) in [6.45, 7) is 4.92. The van der Waals surface area contributed by atoms with Crippen molar-refractivity contribution < 1.29 is 4.74 Å². The summed E-state index contributed by atoms with van der Waals surface area (Å²) in [5, 5.41) is 3.61. The smallest absolute Gasteiger partial charge is 0.119 e. The van der Waals surface area contributed by atoms with Crippen LogP contribution in [0, 0.1) is 0 Å². The van der Waals surface area contributed by atoms with E-state index in [4.69, 9.17) is 4.74 Å². The van der Waals surface area contributed by atoms with Crippen LogP contribution in [0.15, 0.2) is 79.1 Å². The molecule has 0 radical (unpaired) electrons. The fourth-order valence-electron chi connectivity index (χ4n) is 2.79. The topological polar surface area (TPSA) is 34.2 Å². The maximum Gasteiger partial charge on any atom is 0.119 e. The van der Waals surface area contributed by atoms with E-state index < -0.39 is 0 Å². The van der Waals surface area contributed by atoms with Gasteiger partial charge in [-0.3, -0.25) is 4.98 Å². The number of nitrogens with one attached hydrogen (secondary N) is 1. The Kier molecular flexibility index (Phi) is 5.81. The number of hydrogen-bond acceptors (Lipinski definition) is 3. The number of ether oxygens (including phenoxy) is 1. The van der Waals surface area contributed by atoms with Gasteiger partial charge < -0.3 is 10.1 Å². The van der Waals surface area contributed by atoms with Gasteiger partial charge in [-0.1, -0.05) is 48.5 Å². The zero-order valence-corrected chi connectivity index (χ0v) is 14.7. The minimum Gasteiger partial charge on any atom is -0.489 e. The van der Waals surface area contributed by atoms with Gasteiger partial charge >= 0.3 is 0 Å². The third-order valence-corrected chi connectivity index (χ3v) is 4.31. The molecule has 3 nitrogen and oxygen atoms in total. The van der Waals surface area contributed by atoms with Crippen LogP contribution in [0.4, 0.5) is 0 Å². The molecule has 25 heavy (non-hydrogen) atoms. The summed E-state index contributed by atoms with van der Waals surface area (Å²) in [6.07, 6.45) is 3.71. The Balaban J connectivity index is 1.56. The Morgan fingerprint density at radius 1 is 0.840 bits per heavy atom. The summed E-state index contributed by atoms with van der Waals surface area (Å²) < 4.78 is 5.85. The minimum absolute atomic E-state index is 0.248. The second-order valence-electron chi connectivity index (χ2n) is 6.24. The van der Waals surface area contributed by atoms with Crippen LogP contribution in [0.2, 0.25) is 0 Å². The predicted octanol–water partition coefficient (Wildman–Crippen LogP) is 5.07. The van der Waals surface area contributed by atoms with Gasteiger partial charge in [0.05, 0.1) is 0 Å². The molecule has 3 heteroatoms. The van der Waals surface area contributed by atoms with Gasteiger partial charge in [-0.15, -0.1) is 0 Å². The Hall–Kier alpha value is -2.65. The third kappa shape index (κ3) is 4.91. The van der Waals surface area contributed by atoms with Gasteiger partial charge in [0.15, 0.2) is 0 Å². The highest BCUT2D eigenvalue weighted by Gasteiger charge is 2.11. The van der Waals surface area contributed by atoms with Gasteiger partial charge in [-0.05, 0) is 48.7 Å². The summed E-state index contributed by atoms with van der Waals surface area (Å²) >= 11 is 0. The van der Waals surface area contributed by atoms with Crippen LogP contribution in [0.5, 0.6) is 5.75 Å². The number of hydrogen-bond donors (Lipinski definition) is 1. The fraction of sp³-hybridized carbons (Fsp3) is 0.227. The van der Waals surface area contributed by atoms with Gasteiger partial charge in [0.25, 0.3) is 0 Å². The lowest BCUT2D eigenvalue weighted by molar-refractivity contribution is 0.306. The molecule has 2 atom stereocenters. The molecule has 0 amide bonds. The van der Waals surface area contributed by atoms with Crippen molar-refractivity contribution in [3.8, 4) is 5.75 Å². The minimum atomic E-state index is 0.248. The molecule has 128 valence electrons. The van der Waals surface area contributed by atoms with Crippen LogP contribution in [-0.4, -0.2) is 4.98 Å². The summed E-state index contributed by atoms with van der Waals surface area (Å²) in [5.74, 6) is 0.889. The highest BCUT2D eigenvalue weighted by molar-refractivity contribution is 5.29. The maximum absolute atomic E-state index is 5.85. The number of nitrogens with zero attached hydrogens (tertiary/aromatic N) is 1. The highest BCUT2D eigenvalue weighted by atomic mass is 16.5. The van der Waals surface area contributed by atoms with Crippen LogP contribution < -0.4 is 10.1 Å². The molecule has 2 unspecified atom stereocenters. The van der Waals surface area contributed by atoms with Crippen molar-refractivity contribution in [3.63, 3.8) is 0 Å². The first-order valence-corrected chi connectivity index (χ1v) is 8.65. The molecule has 0 aliphatic carbocycles. The number of benzene rings is 2. The number of pyridine rings is 1. The Bertz CT molecular complexity index is 757. The van der Waals surface area contributed by atoms with E-state index in [1.807, 2.05) is 42.6 Å². The maximum atomic E-state index is 5.85. The first-order chi connectivity index (χ1) is 12.2. The number of rotatable bonds is 7. The van der Waals surface area contributed by atoms with E-state index in [9.17, 15) is 0 Å². The first-order valence-electron chi connectivity index (χ1n) is 8.65. The van der Waals surface area contributed by atoms with Gasteiger partial charge in [0, 0.05) is 24.5 Å². The average Bonchev–Trinajstić information content (AvgIpc) is 2.68. The lowest BCUT2D eigenvalue weighted by Crippen LogP contribution is -2.22. The summed E-state index contributed by atoms with van der Waals surface area (Å²) in [5.41, 5.74) is 3.60. The van der Waals surface area contributed by atoms with Gasteiger partial charge in [-0.25, -0.2) is 0 Å². The van der Waals surface area contributed by atoms with Crippen molar-refractivity contribution in [1.29, 1.82) is 0 Å². The third-order valence-electron chi connectivity index (χ3n) is 4.31. The van der Waals surface area contributed by atoms with Crippen molar-refractivity contribution in [2.45, 2.75) is 32.5 Å². The van der Waals surface area contributed by atoms with Crippen molar-refractivity contribution in [2.24, 2.45) is 0 Å². The van der Waals surface area contributed by atoms with Crippen LogP contribution in [-0.2, 0) is 6.61 Å². The molecule has 3 rings (SSSR count). The SMILES string of the molecule is CC(NC(C)c1cccnc1)c1ccc(OCc2ccccc2)cc1. The van der Waals surface area contributed by atoms with Crippen molar-refractivity contribution in [3.05, 3.63) is 95.8 Å². The molecule has 0 fully saturated rings. The average molecular weight is 332 g/mol. The lowest BCUT2D eigenvalue weighted by atomic mass is 10.1. The van der Waals surface area contributed by atoms with Crippen LogP contribution in [0.25, 0.3) is 0 Å². The molecule has 3 aromatic rings. The van der Waals surface area contributed by atoms with Gasteiger partial charge in [0.1, 0.15) is 12.4 Å². The number of aromatic nitrogens is 1. The Morgan fingerprint density at radius 3 is 2.24 bits per heavy atom. The van der Waals surface area contributed by atoms with Crippen molar-refractivity contribution in [1.82, 2.24) is 10.3 Å². The normalized spacial score (nSPS) is 13.2. The molecule has 1 heterocycles. The van der Waals surface area contributed by atoms with Crippen LogP contribution in [0.1, 0.15) is 42.6 Å². The van der Waals surface area contributed by atoms with E-state index in [1.165, 1.54) is 16.7 Å². The second kappa shape index (κ2) is 8.45. The molecule has 0 aliphatic heterocycles. The zero-order chi connectivity index (χ0) is 17.5. The van der Waals surface area contributed by atoms with Crippen LogP contribution in [0.3, 0.4) is 0 Å². The molecule has 1 N–H and O–H groups in total. The van der Waals surface area contributed by atoms with Crippen molar-refractivity contribution >= 4 is 0 Å². The zero-order valence-electron chi connectivity index (χ0n) is 14.7.